The van der Waals surface area contributed by atoms with Crippen LogP contribution in [0, 0.1) is 0 Å². The first-order chi connectivity index (χ1) is 7.67. The van der Waals surface area contributed by atoms with Gasteiger partial charge in [0.2, 0.25) is 0 Å². The van der Waals surface area contributed by atoms with Crippen molar-refractivity contribution in [1.82, 2.24) is 5.32 Å². The van der Waals surface area contributed by atoms with Gasteiger partial charge in [-0.05, 0) is 47.6 Å². The first-order valence-electron chi connectivity index (χ1n) is 5.43. The van der Waals surface area contributed by atoms with Gasteiger partial charge in [0, 0.05) is 11.6 Å². The molecule has 0 radical (unpaired) electrons. The molecule has 0 aliphatic rings. The van der Waals surface area contributed by atoms with Gasteiger partial charge in [-0.25, -0.2) is 0 Å². The van der Waals surface area contributed by atoms with Crippen LogP contribution in [0.5, 0.6) is 5.75 Å². The first-order valence-corrected chi connectivity index (χ1v) is 6.60. The Balaban J connectivity index is 2.68. The van der Waals surface area contributed by atoms with Crippen LogP contribution < -0.4 is 10.1 Å². The van der Waals surface area contributed by atoms with Crippen LogP contribution in [0.1, 0.15) is 19.8 Å². The van der Waals surface area contributed by atoms with E-state index in [1.807, 2.05) is 25.2 Å². The number of nitrogens with one attached hydrogen (secondary N) is 1. The van der Waals surface area contributed by atoms with Crippen molar-refractivity contribution in [3.05, 3.63) is 27.7 Å². The summed E-state index contributed by atoms with van der Waals surface area (Å²) >= 11 is 9.33. The zero-order valence-electron chi connectivity index (χ0n) is 9.59. The van der Waals surface area contributed by atoms with E-state index in [-0.39, 0.29) is 6.10 Å². The zero-order chi connectivity index (χ0) is 12.0. The Labute approximate surface area is 110 Å². The number of hydrogen-bond donors (Lipinski definition) is 1. The third kappa shape index (κ3) is 4.32. The lowest BCUT2D eigenvalue weighted by molar-refractivity contribution is 0.188. The average Bonchev–Trinajstić information content (AvgIpc) is 2.23. The van der Waals surface area contributed by atoms with Gasteiger partial charge in [0.15, 0.2) is 0 Å². The van der Waals surface area contributed by atoms with Gasteiger partial charge in [-0.2, -0.15) is 0 Å². The van der Waals surface area contributed by atoms with Crippen LogP contribution in [0.3, 0.4) is 0 Å². The Morgan fingerprint density at radius 3 is 2.81 bits per heavy atom. The Morgan fingerprint density at radius 1 is 1.50 bits per heavy atom. The normalized spacial score (nSPS) is 12.5. The highest BCUT2D eigenvalue weighted by Crippen LogP contribution is 2.29. The van der Waals surface area contributed by atoms with Gasteiger partial charge in [-0.3, -0.25) is 0 Å². The second-order valence-electron chi connectivity index (χ2n) is 3.66. The topological polar surface area (TPSA) is 21.3 Å². The summed E-state index contributed by atoms with van der Waals surface area (Å²) in [6.07, 6.45) is 2.35. The molecule has 1 aromatic rings. The Hall–Kier alpha value is -0.250. The van der Waals surface area contributed by atoms with Crippen LogP contribution >= 0.6 is 27.5 Å². The van der Waals surface area contributed by atoms with Gasteiger partial charge in [0.1, 0.15) is 11.9 Å². The molecule has 0 aliphatic heterocycles. The minimum atomic E-state index is 0.201. The summed E-state index contributed by atoms with van der Waals surface area (Å²) in [6, 6.07) is 5.58. The molecule has 0 bridgehead atoms. The second-order valence-corrected chi connectivity index (χ2v) is 4.95. The molecule has 0 saturated carbocycles. The number of halogens is 2. The van der Waals surface area contributed by atoms with Gasteiger partial charge >= 0.3 is 0 Å². The van der Waals surface area contributed by atoms with Gasteiger partial charge in [0.25, 0.3) is 0 Å². The maximum absolute atomic E-state index is 5.91. The standard InChI is InChI=1S/C12H17BrClNO/c1-3-4-10(8-15-2)16-12-6-5-9(14)7-11(12)13/h5-7,10,15H,3-4,8H2,1-2H3. The van der Waals surface area contributed by atoms with E-state index >= 15 is 0 Å². The predicted octanol–water partition coefficient (Wildman–Crippen LogP) is 3.87. The molecule has 4 heteroatoms. The fraction of sp³-hybridized carbons (Fsp3) is 0.500. The number of benzene rings is 1. The Morgan fingerprint density at radius 2 is 2.25 bits per heavy atom. The van der Waals surface area contributed by atoms with Crippen LogP contribution in [0.15, 0.2) is 22.7 Å². The van der Waals surface area contributed by atoms with Crippen molar-refractivity contribution < 1.29 is 4.74 Å². The summed E-state index contributed by atoms with van der Waals surface area (Å²) in [5.74, 6) is 0.845. The van der Waals surface area contributed by atoms with Crippen LogP contribution in [-0.2, 0) is 0 Å². The molecule has 1 N–H and O–H groups in total. The number of hydrogen-bond acceptors (Lipinski definition) is 2. The maximum Gasteiger partial charge on any atom is 0.134 e. The minimum Gasteiger partial charge on any atom is -0.488 e. The molecule has 0 aromatic heterocycles. The molecule has 0 saturated heterocycles. The summed E-state index contributed by atoms with van der Waals surface area (Å²) in [5.41, 5.74) is 0. The van der Waals surface area contributed by atoms with Crippen LogP contribution in [0.2, 0.25) is 5.02 Å². The molecule has 1 unspecified atom stereocenters. The lowest BCUT2D eigenvalue weighted by Crippen LogP contribution is -2.29. The zero-order valence-corrected chi connectivity index (χ0v) is 11.9. The summed E-state index contributed by atoms with van der Waals surface area (Å²) in [4.78, 5) is 0. The molecule has 1 rings (SSSR count). The highest BCUT2D eigenvalue weighted by molar-refractivity contribution is 9.10. The van der Waals surface area contributed by atoms with Gasteiger partial charge in [-0.15, -0.1) is 0 Å². The Kier molecular flexibility index (Phi) is 6.17. The minimum absolute atomic E-state index is 0.201. The summed E-state index contributed by atoms with van der Waals surface area (Å²) in [6.45, 7) is 3.01. The first kappa shape index (κ1) is 13.8. The molecule has 0 amide bonds. The van der Waals surface area contributed by atoms with Crippen LogP contribution in [0.25, 0.3) is 0 Å². The number of rotatable bonds is 6. The molecule has 2 nitrogen and oxygen atoms in total. The smallest absolute Gasteiger partial charge is 0.134 e. The third-order valence-electron chi connectivity index (χ3n) is 2.23. The molecular weight excluding hydrogens is 289 g/mol. The molecule has 16 heavy (non-hydrogen) atoms. The van der Waals surface area contributed by atoms with E-state index in [4.69, 9.17) is 16.3 Å². The van der Waals surface area contributed by atoms with Crippen LogP contribution in [0.4, 0.5) is 0 Å². The van der Waals surface area contributed by atoms with Gasteiger partial charge < -0.3 is 10.1 Å². The monoisotopic (exact) mass is 305 g/mol. The molecule has 0 fully saturated rings. The summed E-state index contributed by atoms with van der Waals surface area (Å²) in [5, 5.41) is 3.85. The number of ether oxygens (including phenoxy) is 1. The molecule has 1 aromatic carbocycles. The lowest BCUT2D eigenvalue weighted by atomic mass is 10.2. The SMILES string of the molecule is CCCC(CNC)Oc1ccc(Cl)cc1Br. The molecule has 0 aliphatic carbocycles. The molecular formula is C12H17BrClNO. The number of likely N-dealkylation sites (N-methyl/N-ethyl adjacent to an activating group) is 1. The van der Waals surface area contributed by atoms with Crippen LogP contribution in [-0.4, -0.2) is 19.7 Å². The van der Waals surface area contributed by atoms with E-state index in [0.29, 0.717) is 5.02 Å². The van der Waals surface area contributed by atoms with E-state index in [9.17, 15) is 0 Å². The molecule has 0 heterocycles. The van der Waals surface area contributed by atoms with Gasteiger partial charge in [0.05, 0.1) is 4.47 Å². The lowest BCUT2D eigenvalue weighted by Gasteiger charge is -2.19. The van der Waals surface area contributed by atoms with Gasteiger partial charge in [-0.1, -0.05) is 24.9 Å². The molecule has 1 atom stereocenters. The van der Waals surface area contributed by atoms with Crippen molar-refractivity contribution in [2.24, 2.45) is 0 Å². The second kappa shape index (κ2) is 7.15. The third-order valence-corrected chi connectivity index (χ3v) is 3.08. The van der Waals surface area contributed by atoms with Crippen molar-refractivity contribution in [1.29, 1.82) is 0 Å². The average molecular weight is 307 g/mol. The van der Waals surface area contributed by atoms with E-state index in [0.717, 1.165) is 29.6 Å². The quantitative estimate of drug-likeness (QED) is 0.861. The van der Waals surface area contributed by atoms with Crippen molar-refractivity contribution in [2.45, 2.75) is 25.9 Å². The van der Waals surface area contributed by atoms with Crippen molar-refractivity contribution >= 4 is 27.5 Å². The summed E-state index contributed by atoms with van der Waals surface area (Å²) < 4.78 is 6.81. The largest absolute Gasteiger partial charge is 0.488 e. The maximum atomic E-state index is 5.91. The van der Waals surface area contributed by atoms with E-state index in [1.54, 1.807) is 0 Å². The fourth-order valence-electron chi connectivity index (χ4n) is 1.50. The van der Waals surface area contributed by atoms with E-state index < -0.39 is 0 Å². The van der Waals surface area contributed by atoms with Crippen molar-refractivity contribution in [2.75, 3.05) is 13.6 Å². The highest BCUT2D eigenvalue weighted by Gasteiger charge is 2.10. The van der Waals surface area contributed by atoms with E-state index in [1.165, 1.54) is 0 Å². The van der Waals surface area contributed by atoms with Crippen molar-refractivity contribution in [3.8, 4) is 5.75 Å². The van der Waals surface area contributed by atoms with Crippen molar-refractivity contribution in [3.63, 3.8) is 0 Å². The summed E-state index contributed by atoms with van der Waals surface area (Å²) in [7, 11) is 1.93. The molecule has 0 spiro atoms. The Bertz CT molecular complexity index is 327. The predicted molar refractivity (Wildman–Crippen MR) is 72.4 cm³/mol. The fourth-order valence-corrected chi connectivity index (χ4v) is 2.28. The highest BCUT2D eigenvalue weighted by atomic mass is 79.9. The molecule has 90 valence electrons. The van der Waals surface area contributed by atoms with E-state index in [2.05, 4.69) is 28.2 Å².